The number of nitrogens with one attached hydrogen (secondary N) is 1. The summed E-state index contributed by atoms with van der Waals surface area (Å²) in [5.74, 6) is 0.716. The highest BCUT2D eigenvalue weighted by Crippen LogP contribution is 2.30. The summed E-state index contributed by atoms with van der Waals surface area (Å²) in [6.07, 6.45) is -2.34. The Balaban J connectivity index is 1.79. The molecule has 188 valence electrons. The Bertz CT molecular complexity index is 1100. The first-order chi connectivity index (χ1) is 16.7. The predicted molar refractivity (Wildman–Crippen MR) is 126 cm³/mol. The second kappa shape index (κ2) is 11.9. The van der Waals surface area contributed by atoms with Gasteiger partial charge in [-0.25, -0.2) is 4.98 Å². The molecule has 6 nitrogen and oxygen atoms in total. The van der Waals surface area contributed by atoms with Gasteiger partial charge in [0.05, 0.1) is 18.7 Å². The van der Waals surface area contributed by atoms with Crippen molar-refractivity contribution in [3.05, 3.63) is 83.1 Å². The molecule has 0 aliphatic carbocycles. The van der Waals surface area contributed by atoms with Crippen molar-refractivity contribution in [2.45, 2.75) is 59.0 Å². The van der Waals surface area contributed by atoms with Crippen molar-refractivity contribution in [3.8, 4) is 5.75 Å². The number of hydrogen-bond acceptors (Lipinski definition) is 5. The van der Waals surface area contributed by atoms with Crippen LogP contribution in [0.1, 0.15) is 60.3 Å². The van der Waals surface area contributed by atoms with E-state index in [0.717, 1.165) is 29.9 Å². The normalized spacial score (nSPS) is 12.5. The Kier molecular flexibility index (Phi) is 8.92. The number of rotatable bonds is 11. The minimum Gasteiger partial charge on any atom is -0.494 e. The number of amides is 1. The second-order valence-corrected chi connectivity index (χ2v) is 8.33. The maximum Gasteiger partial charge on any atom is 0.416 e. The molecule has 1 heterocycles. The Labute approximate surface area is 203 Å². The largest absolute Gasteiger partial charge is 0.494 e. The van der Waals surface area contributed by atoms with E-state index in [9.17, 15) is 18.0 Å². The maximum absolute atomic E-state index is 13.2. The summed E-state index contributed by atoms with van der Waals surface area (Å²) >= 11 is 0. The number of benzene rings is 2. The third-order valence-electron chi connectivity index (χ3n) is 5.43. The second-order valence-electron chi connectivity index (χ2n) is 8.33. The lowest BCUT2D eigenvalue weighted by Crippen LogP contribution is -2.32. The molecule has 35 heavy (non-hydrogen) atoms. The molecule has 3 rings (SSSR count). The van der Waals surface area contributed by atoms with Crippen LogP contribution < -0.4 is 10.1 Å². The first kappa shape index (κ1) is 26.3. The van der Waals surface area contributed by atoms with E-state index in [1.807, 2.05) is 49.9 Å². The van der Waals surface area contributed by atoms with E-state index in [-0.39, 0.29) is 30.7 Å². The average molecular weight is 490 g/mol. The Morgan fingerprint density at radius 1 is 1.09 bits per heavy atom. The highest BCUT2D eigenvalue weighted by Gasteiger charge is 2.30. The fourth-order valence-electron chi connectivity index (χ4n) is 3.47. The van der Waals surface area contributed by atoms with E-state index in [2.05, 4.69) is 10.3 Å². The van der Waals surface area contributed by atoms with Gasteiger partial charge in [-0.2, -0.15) is 13.2 Å². The third-order valence-corrected chi connectivity index (χ3v) is 5.43. The minimum absolute atomic E-state index is 0.000262. The van der Waals surface area contributed by atoms with Crippen LogP contribution in [0.5, 0.6) is 5.75 Å². The van der Waals surface area contributed by atoms with Gasteiger partial charge in [0.2, 0.25) is 5.89 Å². The van der Waals surface area contributed by atoms with Gasteiger partial charge in [0, 0.05) is 19.1 Å². The van der Waals surface area contributed by atoms with Crippen LogP contribution in [0.4, 0.5) is 13.2 Å². The third kappa shape index (κ3) is 7.85. The number of alkyl halides is 3. The molecule has 0 aliphatic rings. The summed E-state index contributed by atoms with van der Waals surface area (Å²) in [4.78, 5) is 18.6. The number of halogens is 3. The average Bonchev–Trinajstić information content (AvgIpc) is 3.28. The molecule has 1 atom stereocenters. The van der Waals surface area contributed by atoms with E-state index < -0.39 is 11.7 Å². The van der Waals surface area contributed by atoms with Gasteiger partial charge in [0.1, 0.15) is 12.0 Å². The molecule has 1 N–H and O–H groups in total. The standard InChI is InChI=1S/C26H30F3N3O3/c1-4-18(3)30-25(33)23-17-35-24(31-23)16-32(14-19-9-11-22(12-10-19)34-5-2)15-20-7-6-8-21(13-20)26(27,28)29/h6-13,17-18H,4-5,14-16H2,1-3H3,(H,30,33)/t18-/m1/s1. The molecular weight excluding hydrogens is 459 g/mol. The van der Waals surface area contributed by atoms with Gasteiger partial charge in [-0.1, -0.05) is 37.3 Å². The fourth-order valence-corrected chi connectivity index (χ4v) is 3.47. The Morgan fingerprint density at radius 3 is 2.46 bits per heavy atom. The number of hydrogen-bond donors (Lipinski definition) is 1. The predicted octanol–water partition coefficient (Wildman–Crippen LogP) is 5.82. The van der Waals surface area contributed by atoms with Gasteiger partial charge < -0.3 is 14.5 Å². The smallest absolute Gasteiger partial charge is 0.416 e. The van der Waals surface area contributed by atoms with Gasteiger partial charge in [-0.3, -0.25) is 9.69 Å². The molecule has 0 saturated carbocycles. The van der Waals surface area contributed by atoms with Gasteiger partial charge >= 0.3 is 6.18 Å². The molecule has 0 spiro atoms. The molecule has 1 aromatic heterocycles. The number of aromatic nitrogens is 1. The molecular formula is C26H30F3N3O3. The van der Waals surface area contributed by atoms with Crippen molar-refractivity contribution < 1.29 is 27.1 Å². The molecule has 3 aromatic rings. The zero-order valence-corrected chi connectivity index (χ0v) is 20.1. The highest BCUT2D eigenvalue weighted by atomic mass is 19.4. The lowest BCUT2D eigenvalue weighted by Gasteiger charge is -2.22. The molecule has 1 amide bonds. The van der Waals surface area contributed by atoms with Crippen LogP contribution in [-0.2, 0) is 25.8 Å². The van der Waals surface area contributed by atoms with Crippen molar-refractivity contribution in [1.82, 2.24) is 15.2 Å². The summed E-state index contributed by atoms with van der Waals surface area (Å²) in [6.45, 7) is 7.18. The van der Waals surface area contributed by atoms with Gasteiger partial charge in [0.15, 0.2) is 5.69 Å². The first-order valence-electron chi connectivity index (χ1n) is 11.5. The van der Waals surface area contributed by atoms with Crippen molar-refractivity contribution >= 4 is 5.91 Å². The lowest BCUT2D eigenvalue weighted by atomic mass is 10.1. The van der Waals surface area contributed by atoms with Crippen LogP contribution in [0, 0.1) is 0 Å². The zero-order chi connectivity index (χ0) is 25.4. The van der Waals surface area contributed by atoms with Crippen molar-refractivity contribution in [3.63, 3.8) is 0 Å². The van der Waals surface area contributed by atoms with Crippen LogP contribution in [0.2, 0.25) is 0 Å². The van der Waals surface area contributed by atoms with Gasteiger partial charge in [-0.15, -0.1) is 0 Å². The summed E-state index contributed by atoms with van der Waals surface area (Å²) in [5, 5.41) is 2.83. The van der Waals surface area contributed by atoms with Crippen LogP contribution in [0.25, 0.3) is 0 Å². The maximum atomic E-state index is 13.2. The number of carbonyl (C=O) groups excluding carboxylic acids is 1. The molecule has 0 unspecified atom stereocenters. The molecule has 0 fully saturated rings. The quantitative estimate of drug-likeness (QED) is 0.368. The summed E-state index contributed by atoms with van der Waals surface area (Å²) in [6, 6.07) is 12.8. The molecule has 0 bridgehead atoms. The van der Waals surface area contributed by atoms with Gasteiger partial charge in [0.25, 0.3) is 5.91 Å². The summed E-state index contributed by atoms with van der Waals surface area (Å²) in [7, 11) is 0. The van der Waals surface area contributed by atoms with Crippen molar-refractivity contribution in [2.75, 3.05) is 6.61 Å². The number of oxazole rings is 1. The van der Waals surface area contributed by atoms with Crippen LogP contribution >= 0.6 is 0 Å². The Morgan fingerprint density at radius 2 is 1.80 bits per heavy atom. The monoisotopic (exact) mass is 489 g/mol. The van der Waals surface area contributed by atoms with E-state index >= 15 is 0 Å². The lowest BCUT2D eigenvalue weighted by molar-refractivity contribution is -0.137. The number of ether oxygens (including phenoxy) is 1. The molecule has 9 heteroatoms. The zero-order valence-electron chi connectivity index (χ0n) is 20.1. The Hall–Kier alpha value is -3.33. The van der Waals surface area contributed by atoms with Crippen molar-refractivity contribution in [2.24, 2.45) is 0 Å². The first-order valence-corrected chi connectivity index (χ1v) is 11.5. The minimum atomic E-state index is -4.42. The van der Waals surface area contributed by atoms with E-state index in [1.54, 1.807) is 6.07 Å². The van der Waals surface area contributed by atoms with Crippen LogP contribution in [0.15, 0.2) is 59.2 Å². The van der Waals surface area contributed by atoms with E-state index in [4.69, 9.17) is 9.15 Å². The van der Waals surface area contributed by atoms with Gasteiger partial charge in [-0.05, 0) is 49.6 Å². The SMILES string of the molecule is CCOc1ccc(CN(Cc2cccc(C(F)(F)F)c2)Cc2nc(C(=O)N[C@H](C)CC)co2)cc1. The molecule has 2 aromatic carbocycles. The van der Waals surface area contributed by atoms with Crippen LogP contribution in [-0.4, -0.2) is 28.4 Å². The fraction of sp³-hybridized carbons (Fsp3) is 0.385. The van der Waals surface area contributed by atoms with E-state index in [0.29, 0.717) is 24.6 Å². The molecule has 0 aliphatic heterocycles. The molecule has 0 saturated heterocycles. The van der Waals surface area contributed by atoms with Crippen molar-refractivity contribution in [1.29, 1.82) is 0 Å². The highest BCUT2D eigenvalue weighted by molar-refractivity contribution is 5.92. The number of nitrogens with zero attached hydrogens (tertiary/aromatic N) is 2. The summed E-state index contributed by atoms with van der Waals surface area (Å²) in [5.41, 5.74) is 0.922. The number of carbonyl (C=O) groups is 1. The van der Waals surface area contributed by atoms with E-state index in [1.165, 1.54) is 12.3 Å². The summed E-state index contributed by atoms with van der Waals surface area (Å²) < 4.78 is 50.6. The topological polar surface area (TPSA) is 67.6 Å². The van der Waals surface area contributed by atoms with Crippen LogP contribution in [0.3, 0.4) is 0 Å². The molecule has 0 radical (unpaired) electrons.